The van der Waals surface area contributed by atoms with Gasteiger partial charge in [0.2, 0.25) is 5.91 Å². The van der Waals surface area contributed by atoms with Crippen molar-refractivity contribution >= 4 is 17.5 Å². The van der Waals surface area contributed by atoms with Crippen molar-refractivity contribution in [2.45, 2.75) is 26.1 Å². The zero-order chi connectivity index (χ0) is 19.1. The van der Waals surface area contributed by atoms with Gasteiger partial charge in [-0.25, -0.2) is 0 Å². The Bertz CT molecular complexity index is 752. The van der Waals surface area contributed by atoms with Crippen molar-refractivity contribution in [2.24, 2.45) is 0 Å². The molecule has 0 aliphatic rings. The molecule has 2 aromatic rings. The summed E-state index contributed by atoms with van der Waals surface area (Å²) >= 11 is 6.13. The second kappa shape index (κ2) is 9.46. The number of likely N-dealkylation sites (N-methyl/N-ethyl adjacent to an activating group) is 1. The Morgan fingerprint density at radius 2 is 1.81 bits per heavy atom. The maximum Gasteiger partial charge on any atom is 0.237 e. The van der Waals surface area contributed by atoms with E-state index < -0.39 is 0 Å². The van der Waals surface area contributed by atoms with E-state index >= 15 is 0 Å². The number of hydrogen-bond acceptors (Lipinski definition) is 4. The van der Waals surface area contributed by atoms with Gasteiger partial charge in [-0.2, -0.15) is 0 Å². The van der Waals surface area contributed by atoms with Gasteiger partial charge in [0, 0.05) is 23.7 Å². The number of methoxy groups -OCH3 is 2. The van der Waals surface area contributed by atoms with Crippen molar-refractivity contribution in [3.05, 3.63) is 58.6 Å². The molecule has 0 aliphatic carbocycles. The van der Waals surface area contributed by atoms with Crippen LogP contribution in [0.15, 0.2) is 42.5 Å². The number of halogens is 1. The smallest absolute Gasteiger partial charge is 0.237 e. The Balaban J connectivity index is 2.00. The molecule has 1 amide bonds. The van der Waals surface area contributed by atoms with Crippen LogP contribution in [-0.2, 0) is 17.9 Å². The minimum atomic E-state index is -0.312. The Morgan fingerprint density at radius 1 is 1.12 bits per heavy atom. The number of carbonyl (C=O) groups is 1. The molecule has 0 spiro atoms. The molecule has 0 saturated carbocycles. The van der Waals surface area contributed by atoms with Gasteiger partial charge in [0.15, 0.2) is 11.5 Å². The van der Waals surface area contributed by atoms with Crippen LogP contribution in [0.1, 0.15) is 18.1 Å². The van der Waals surface area contributed by atoms with Crippen LogP contribution in [0, 0.1) is 0 Å². The zero-order valence-corrected chi connectivity index (χ0v) is 16.3. The number of ether oxygens (including phenoxy) is 2. The van der Waals surface area contributed by atoms with Gasteiger partial charge >= 0.3 is 0 Å². The van der Waals surface area contributed by atoms with Crippen molar-refractivity contribution in [1.82, 2.24) is 10.2 Å². The predicted octanol–water partition coefficient (Wildman–Crippen LogP) is 3.49. The van der Waals surface area contributed by atoms with E-state index in [0.717, 1.165) is 11.1 Å². The molecule has 0 bridgehead atoms. The number of para-hydroxylation sites is 1. The van der Waals surface area contributed by atoms with Crippen LogP contribution in [0.25, 0.3) is 0 Å². The fourth-order valence-corrected chi connectivity index (χ4v) is 2.86. The number of nitrogens with one attached hydrogen (secondary N) is 1. The first kappa shape index (κ1) is 20.1. The normalized spacial score (nSPS) is 11.9. The lowest BCUT2D eigenvalue weighted by Gasteiger charge is -2.25. The van der Waals surface area contributed by atoms with E-state index in [-0.39, 0.29) is 11.9 Å². The molecular formula is C20H25ClN2O3. The highest BCUT2D eigenvalue weighted by Crippen LogP contribution is 2.31. The van der Waals surface area contributed by atoms with Gasteiger partial charge in [-0.3, -0.25) is 9.69 Å². The molecule has 5 nitrogen and oxygen atoms in total. The minimum absolute atomic E-state index is 0.0608. The van der Waals surface area contributed by atoms with Crippen molar-refractivity contribution in [2.75, 3.05) is 21.3 Å². The molecule has 26 heavy (non-hydrogen) atoms. The van der Waals surface area contributed by atoms with Gasteiger partial charge in [-0.15, -0.1) is 0 Å². The number of hydrogen-bond donors (Lipinski definition) is 1. The monoisotopic (exact) mass is 376 g/mol. The van der Waals surface area contributed by atoms with Crippen LogP contribution in [0.3, 0.4) is 0 Å². The third-order valence-corrected chi connectivity index (χ3v) is 4.72. The highest BCUT2D eigenvalue weighted by atomic mass is 35.5. The van der Waals surface area contributed by atoms with E-state index in [1.165, 1.54) is 0 Å². The number of amides is 1. The van der Waals surface area contributed by atoms with Crippen molar-refractivity contribution < 1.29 is 14.3 Å². The van der Waals surface area contributed by atoms with Crippen LogP contribution in [-0.4, -0.2) is 38.1 Å². The SMILES string of the molecule is COc1cccc(CN(C)C(C)C(=O)NCc2ccccc2Cl)c1OC. The predicted molar refractivity (Wildman–Crippen MR) is 104 cm³/mol. The molecule has 6 heteroatoms. The average molecular weight is 377 g/mol. The molecule has 0 aliphatic heterocycles. The van der Waals surface area contributed by atoms with Gasteiger partial charge in [0.1, 0.15) is 0 Å². The summed E-state index contributed by atoms with van der Waals surface area (Å²) in [6, 6.07) is 12.9. The summed E-state index contributed by atoms with van der Waals surface area (Å²) in [5, 5.41) is 3.58. The van der Waals surface area contributed by atoms with Gasteiger partial charge in [-0.05, 0) is 31.7 Å². The van der Waals surface area contributed by atoms with Gasteiger partial charge in [0.05, 0.1) is 20.3 Å². The molecule has 1 N–H and O–H groups in total. The second-order valence-corrected chi connectivity index (χ2v) is 6.46. The third kappa shape index (κ3) is 4.90. The number of rotatable bonds is 8. The number of carbonyl (C=O) groups excluding carboxylic acids is 1. The van der Waals surface area contributed by atoms with Crippen LogP contribution in [0.4, 0.5) is 0 Å². The zero-order valence-electron chi connectivity index (χ0n) is 15.6. The van der Waals surface area contributed by atoms with E-state index in [9.17, 15) is 4.79 Å². The van der Waals surface area contributed by atoms with E-state index in [1.807, 2.05) is 61.3 Å². The standard InChI is InChI=1S/C20H25ClN2O3/c1-14(20(24)22-12-15-8-5-6-10-17(15)21)23(2)13-16-9-7-11-18(25-3)19(16)26-4/h5-11,14H,12-13H2,1-4H3,(H,22,24). The molecule has 1 unspecified atom stereocenters. The van der Waals surface area contributed by atoms with Crippen LogP contribution < -0.4 is 14.8 Å². The lowest BCUT2D eigenvalue weighted by atomic mass is 10.1. The highest BCUT2D eigenvalue weighted by Gasteiger charge is 2.20. The maximum absolute atomic E-state index is 12.5. The summed E-state index contributed by atoms with van der Waals surface area (Å²) in [4.78, 5) is 14.4. The minimum Gasteiger partial charge on any atom is -0.493 e. The van der Waals surface area contributed by atoms with Crippen molar-refractivity contribution in [1.29, 1.82) is 0 Å². The molecule has 0 radical (unpaired) electrons. The fraction of sp³-hybridized carbons (Fsp3) is 0.350. The van der Waals surface area contributed by atoms with Crippen LogP contribution in [0.5, 0.6) is 11.5 Å². The second-order valence-electron chi connectivity index (χ2n) is 6.05. The summed E-state index contributed by atoms with van der Waals surface area (Å²) in [6.45, 7) is 2.83. The molecule has 0 saturated heterocycles. The fourth-order valence-electron chi connectivity index (χ4n) is 2.66. The van der Waals surface area contributed by atoms with Gasteiger partial charge < -0.3 is 14.8 Å². The molecule has 0 heterocycles. The molecule has 0 fully saturated rings. The number of benzene rings is 2. The number of nitrogens with zero attached hydrogens (tertiary/aromatic N) is 1. The first-order valence-corrected chi connectivity index (χ1v) is 8.77. The largest absolute Gasteiger partial charge is 0.493 e. The quantitative estimate of drug-likeness (QED) is 0.766. The lowest BCUT2D eigenvalue weighted by molar-refractivity contribution is -0.125. The first-order chi connectivity index (χ1) is 12.5. The molecule has 2 aromatic carbocycles. The third-order valence-electron chi connectivity index (χ3n) is 4.36. The maximum atomic E-state index is 12.5. The molecule has 1 atom stereocenters. The topological polar surface area (TPSA) is 50.8 Å². The molecule has 2 rings (SSSR count). The van der Waals surface area contributed by atoms with Crippen LogP contribution >= 0.6 is 11.6 Å². The van der Waals surface area contributed by atoms with E-state index in [0.29, 0.717) is 29.6 Å². The Kier molecular flexibility index (Phi) is 7.30. The van der Waals surface area contributed by atoms with Gasteiger partial charge in [-0.1, -0.05) is 41.9 Å². The van der Waals surface area contributed by atoms with E-state index in [1.54, 1.807) is 14.2 Å². The van der Waals surface area contributed by atoms with Crippen molar-refractivity contribution in [3.8, 4) is 11.5 Å². The summed E-state index contributed by atoms with van der Waals surface area (Å²) in [6.07, 6.45) is 0. The molecule has 140 valence electrons. The summed E-state index contributed by atoms with van der Waals surface area (Å²) in [5.41, 5.74) is 1.85. The molecule has 0 aromatic heterocycles. The first-order valence-electron chi connectivity index (χ1n) is 8.39. The Morgan fingerprint density at radius 3 is 2.46 bits per heavy atom. The molecular weight excluding hydrogens is 352 g/mol. The summed E-state index contributed by atoms with van der Waals surface area (Å²) < 4.78 is 10.8. The Hall–Kier alpha value is -2.24. The Labute approximate surface area is 159 Å². The summed E-state index contributed by atoms with van der Waals surface area (Å²) in [5.74, 6) is 1.30. The lowest BCUT2D eigenvalue weighted by Crippen LogP contribution is -2.42. The van der Waals surface area contributed by atoms with Crippen molar-refractivity contribution in [3.63, 3.8) is 0 Å². The summed E-state index contributed by atoms with van der Waals surface area (Å²) in [7, 11) is 5.12. The van der Waals surface area contributed by atoms with Gasteiger partial charge in [0.25, 0.3) is 0 Å². The highest BCUT2D eigenvalue weighted by molar-refractivity contribution is 6.31. The average Bonchev–Trinajstić information content (AvgIpc) is 2.66. The van der Waals surface area contributed by atoms with E-state index in [2.05, 4.69) is 5.32 Å². The van der Waals surface area contributed by atoms with Crippen LogP contribution in [0.2, 0.25) is 5.02 Å². The van der Waals surface area contributed by atoms with E-state index in [4.69, 9.17) is 21.1 Å².